The van der Waals surface area contributed by atoms with Gasteiger partial charge >= 0.3 is 0 Å². The van der Waals surface area contributed by atoms with E-state index in [1.807, 2.05) is 55.7 Å². The molecule has 0 aliphatic heterocycles. The lowest BCUT2D eigenvalue weighted by atomic mass is 9.80. The number of benzene rings is 3. The molecule has 3 aromatic carbocycles. The van der Waals surface area contributed by atoms with Gasteiger partial charge in [-0.25, -0.2) is 4.57 Å². The quantitative estimate of drug-likeness (QED) is 0.238. The summed E-state index contributed by atoms with van der Waals surface area (Å²) >= 11 is 0. The number of para-hydroxylation sites is 1. The predicted octanol–water partition coefficient (Wildman–Crippen LogP) is 8.59. The fourth-order valence-electron chi connectivity index (χ4n) is 6.23. The van der Waals surface area contributed by atoms with Crippen LogP contribution in [0.25, 0.3) is 44.3 Å². The zero-order chi connectivity index (χ0) is 28.7. The summed E-state index contributed by atoms with van der Waals surface area (Å²) in [5.41, 5.74) is 7.46. The third-order valence-electron chi connectivity index (χ3n) is 8.05. The molecule has 2 aromatic heterocycles. The molecule has 5 aromatic rings. The normalized spacial score (nSPS) is 21.9. The first-order valence-electron chi connectivity index (χ1n) is 15.6. The standard InChI is InChI=1S/C34H34NO/c1-22-17-18-30-29-15-9-14-28(33(29)36-34(30)32(22)31-16-6-7-21-35(31)2)27-20-19-24(23-10-4-3-5-11-23)25-12-8-13-26(25)27/h6-7,9,14-21,23H,3-5,8,10-13H2,1-2H3/q+1/i12D2,13D2,23D. The van der Waals surface area contributed by atoms with Gasteiger partial charge in [-0.3, -0.25) is 0 Å². The number of pyridine rings is 1. The van der Waals surface area contributed by atoms with Gasteiger partial charge in [0.05, 0.1) is 5.56 Å². The Morgan fingerprint density at radius 2 is 1.64 bits per heavy atom. The maximum atomic E-state index is 9.35. The molecule has 1 fully saturated rings. The Morgan fingerprint density at radius 1 is 0.806 bits per heavy atom. The minimum atomic E-state index is -1.87. The van der Waals surface area contributed by atoms with Crippen LogP contribution in [0.2, 0.25) is 0 Å². The van der Waals surface area contributed by atoms with Crippen LogP contribution >= 0.6 is 0 Å². The van der Waals surface area contributed by atoms with E-state index in [1.165, 1.54) is 0 Å². The molecule has 7 rings (SSSR count). The summed E-state index contributed by atoms with van der Waals surface area (Å²) in [6.45, 7) is 2.08. The van der Waals surface area contributed by atoms with Crippen molar-refractivity contribution in [2.75, 3.05) is 0 Å². The number of rotatable bonds is 3. The van der Waals surface area contributed by atoms with Crippen LogP contribution in [0.4, 0.5) is 0 Å². The van der Waals surface area contributed by atoms with Crippen molar-refractivity contribution in [2.45, 2.75) is 64.1 Å². The Morgan fingerprint density at radius 3 is 2.50 bits per heavy atom. The van der Waals surface area contributed by atoms with Crippen molar-refractivity contribution in [3.05, 3.63) is 89.1 Å². The van der Waals surface area contributed by atoms with Gasteiger partial charge in [-0.05, 0) is 78.7 Å². The third-order valence-corrected chi connectivity index (χ3v) is 8.05. The maximum absolute atomic E-state index is 9.35. The van der Waals surface area contributed by atoms with E-state index in [4.69, 9.17) is 9.90 Å². The minimum absolute atomic E-state index is 0.251. The van der Waals surface area contributed by atoms with Crippen molar-refractivity contribution >= 4 is 21.9 Å². The van der Waals surface area contributed by atoms with E-state index >= 15 is 0 Å². The molecular formula is C34H34NO+. The van der Waals surface area contributed by atoms with Crippen molar-refractivity contribution in [3.63, 3.8) is 0 Å². The monoisotopic (exact) mass is 477 g/mol. The van der Waals surface area contributed by atoms with Gasteiger partial charge in [0.1, 0.15) is 18.2 Å². The average Bonchev–Trinajstić information content (AvgIpc) is 3.40. The van der Waals surface area contributed by atoms with Crippen LogP contribution in [0.1, 0.15) is 73.5 Å². The van der Waals surface area contributed by atoms with E-state index in [1.54, 1.807) is 0 Å². The highest BCUT2D eigenvalue weighted by Gasteiger charge is 2.27. The Labute approximate surface area is 220 Å². The summed E-state index contributed by atoms with van der Waals surface area (Å²) in [6.07, 6.45) is 2.36. The molecule has 2 heterocycles. The van der Waals surface area contributed by atoms with Crippen LogP contribution in [0.15, 0.2) is 71.3 Å². The Hall–Kier alpha value is -3.39. The second-order valence-electron chi connectivity index (χ2n) is 10.2. The van der Waals surface area contributed by atoms with E-state index < -0.39 is 18.6 Å². The Balaban J connectivity index is 1.52. The summed E-state index contributed by atoms with van der Waals surface area (Å²) in [5.74, 6) is -0.891. The summed E-state index contributed by atoms with van der Waals surface area (Å²) < 4.78 is 54.2. The number of hydrogen-bond acceptors (Lipinski definition) is 1. The van der Waals surface area contributed by atoms with Gasteiger partial charge < -0.3 is 4.42 Å². The smallest absolute Gasteiger partial charge is 0.216 e. The van der Waals surface area contributed by atoms with Crippen molar-refractivity contribution in [3.8, 4) is 22.4 Å². The average molecular weight is 478 g/mol. The molecule has 2 aliphatic carbocycles. The van der Waals surface area contributed by atoms with Crippen LogP contribution in [-0.4, -0.2) is 0 Å². The van der Waals surface area contributed by atoms with E-state index in [9.17, 15) is 1.37 Å². The second kappa shape index (κ2) is 8.62. The Bertz CT molecular complexity index is 1850. The second-order valence-corrected chi connectivity index (χ2v) is 10.2. The lowest BCUT2D eigenvalue weighted by molar-refractivity contribution is -0.660. The van der Waals surface area contributed by atoms with E-state index in [-0.39, 0.29) is 6.42 Å². The number of nitrogens with zero attached hydrogens (tertiary/aromatic N) is 1. The summed E-state index contributed by atoms with van der Waals surface area (Å²) in [6, 6.07) is 20.1. The highest BCUT2D eigenvalue weighted by Crippen LogP contribution is 2.45. The highest BCUT2D eigenvalue weighted by atomic mass is 16.3. The number of aryl methyl sites for hydroxylation is 2. The minimum Gasteiger partial charge on any atom is -0.454 e. The molecule has 0 unspecified atom stereocenters. The summed E-state index contributed by atoms with van der Waals surface area (Å²) in [4.78, 5) is 0. The highest BCUT2D eigenvalue weighted by molar-refractivity contribution is 6.13. The molecule has 2 heteroatoms. The molecule has 0 radical (unpaired) electrons. The molecular weight excluding hydrogens is 438 g/mol. The van der Waals surface area contributed by atoms with Gasteiger partial charge in [0.2, 0.25) is 5.69 Å². The van der Waals surface area contributed by atoms with Crippen LogP contribution in [-0.2, 0) is 19.8 Å². The van der Waals surface area contributed by atoms with Crippen molar-refractivity contribution in [1.82, 2.24) is 0 Å². The Kier molecular flexibility index (Phi) is 4.10. The van der Waals surface area contributed by atoms with Gasteiger partial charge in [0.15, 0.2) is 6.20 Å². The molecule has 0 N–H and O–H groups in total. The predicted molar refractivity (Wildman–Crippen MR) is 148 cm³/mol. The number of aromatic nitrogens is 1. The third kappa shape index (κ3) is 3.34. The van der Waals surface area contributed by atoms with Crippen LogP contribution in [0.3, 0.4) is 0 Å². The number of fused-ring (bicyclic) bond motifs is 4. The van der Waals surface area contributed by atoms with Crippen molar-refractivity contribution in [1.29, 1.82) is 0 Å². The zero-order valence-electron chi connectivity index (χ0n) is 25.9. The van der Waals surface area contributed by atoms with Gasteiger partial charge in [-0.1, -0.05) is 61.7 Å². The number of furan rings is 1. The van der Waals surface area contributed by atoms with E-state index in [0.717, 1.165) is 58.0 Å². The molecule has 2 aliphatic rings. The molecule has 0 spiro atoms. The first kappa shape index (κ1) is 17.1. The molecule has 0 bridgehead atoms. The zero-order valence-corrected chi connectivity index (χ0v) is 20.9. The topological polar surface area (TPSA) is 17.0 Å². The fraction of sp³-hybridized carbons (Fsp3) is 0.324. The first-order valence-corrected chi connectivity index (χ1v) is 13.1. The molecule has 0 atom stereocenters. The molecule has 0 amide bonds. The SMILES string of the molecule is [2H]C1([2H])CC([2H])([2H])c2c(C3([2H])CCCCC3)ccc(-c3cccc4c3oc3c(-c5cccc[n+]5C)c(C)ccc34)c21. The van der Waals surface area contributed by atoms with Gasteiger partial charge in [0, 0.05) is 35.3 Å². The van der Waals surface area contributed by atoms with E-state index in [2.05, 4.69) is 29.7 Å². The lowest BCUT2D eigenvalue weighted by Gasteiger charge is -2.25. The van der Waals surface area contributed by atoms with Gasteiger partial charge in [-0.2, -0.15) is 0 Å². The molecule has 180 valence electrons. The van der Waals surface area contributed by atoms with Crippen LogP contribution in [0.5, 0.6) is 0 Å². The fourth-order valence-corrected chi connectivity index (χ4v) is 6.23. The number of hydrogen-bond donors (Lipinski definition) is 0. The summed E-state index contributed by atoms with van der Waals surface area (Å²) in [5, 5.41) is 1.94. The van der Waals surface area contributed by atoms with Crippen molar-refractivity contribution < 1.29 is 15.8 Å². The maximum Gasteiger partial charge on any atom is 0.216 e. The molecule has 36 heavy (non-hydrogen) atoms. The first-order chi connectivity index (χ1) is 19.5. The van der Waals surface area contributed by atoms with Crippen molar-refractivity contribution in [2.24, 2.45) is 7.05 Å². The van der Waals surface area contributed by atoms with Crippen LogP contribution < -0.4 is 4.57 Å². The van der Waals surface area contributed by atoms with Crippen LogP contribution in [0, 0.1) is 6.92 Å². The van der Waals surface area contributed by atoms with Gasteiger partial charge in [-0.15, -0.1) is 0 Å². The summed E-state index contributed by atoms with van der Waals surface area (Å²) in [7, 11) is 2.02. The van der Waals surface area contributed by atoms with Gasteiger partial charge in [0.25, 0.3) is 0 Å². The van der Waals surface area contributed by atoms with E-state index in [0.29, 0.717) is 40.7 Å². The molecule has 2 nitrogen and oxygen atoms in total. The lowest BCUT2D eigenvalue weighted by Crippen LogP contribution is -2.30. The largest absolute Gasteiger partial charge is 0.454 e. The molecule has 1 saturated carbocycles. The molecule has 0 saturated heterocycles.